The molecule has 2 aromatic rings. The van der Waals surface area contributed by atoms with E-state index in [1.54, 1.807) is 30.3 Å². The van der Waals surface area contributed by atoms with Gasteiger partial charge in [0.1, 0.15) is 5.82 Å². The zero-order valence-electron chi connectivity index (χ0n) is 14.7. The lowest BCUT2D eigenvalue weighted by atomic mass is 10.0. The van der Waals surface area contributed by atoms with Crippen molar-refractivity contribution in [2.24, 2.45) is 0 Å². The molecule has 1 heterocycles. The SMILES string of the molecule is CC(=O)c1cccc(NC(=O)CN2CCNCC2c2cccc(F)c2)c1. The Morgan fingerprint density at radius 3 is 2.81 bits per heavy atom. The highest BCUT2D eigenvalue weighted by Gasteiger charge is 2.25. The molecule has 1 saturated heterocycles. The van der Waals surface area contributed by atoms with Crippen LogP contribution in [-0.4, -0.2) is 42.8 Å². The molecule has 0 saturated carbocycles. The number of amides is 1. The molecule has 0 aromatic heterocycles. The summed E-state index contributed by atoms with van der Waals surface area (Å²) in [6.45, 7) is 3.83. The minimum atomic E-state index is -0.279. The third kappa shape index (κ3) is 4.53. The number of nitrogens with one attached hydrogen (secondary N) is 2. The maximum absolute atomic E-state index is 13.6. The number of piperazine rings is 1. The first-order chi connectivity index (χ1) is 12.5. The van der Waals surface area contributed by atoms with E-state index in [4.69, 9.17) is 0 Å². The van der Waals surface area contributed by atoms with Gasteiger partial charge in [-0.15, -0.1) is 0 Å². The van der Waals surface area contributed by atoms with Crippen LogP contribution >= 0.6 is 0 Å². The molecule has 1 amide bonds. The molecule has 0 spiro atoms. The van der Waals surface area contributed by atoms with Gasteiger partial charge in [0.2, 0.25) is 5.91 Å². The Balaban J connectivity index is 1.68. The fourth-order valence-electron chi connectivity index (χ4n) is 3.18. The van der Waals surface area contributed by atoms with Crippen LogP contribution in [0, 0.1) is 5.82 Å². The van der Waals surface area contributed by atoms with Crippen LogP contribution in [-0.2, 0) is 4.79 Å². The molecule has 3 rings (SSSR count). The van der Waals surface area contributed by atoms with Crippen molar-refractivity contribution in [3.8, 4) is 0 Å². The van der Waals surface area contributed by atoms with Crippen molar-refractivity contribution in [1.29, 1.82) is 0 Å². The van der Waals surface area contributed by atoms with Gasteiger partial charge in [-0.25, -0.2) is 4.39 Å². The van der Waals surface area contributed by atoms with Crippen molar-refractivity contribution in [1.82, 2.24) is 10.2 Å². The summed E-state index contributed by atoms with van der Waals surface area (Å²) in [6, 6.07) is 13.3. The van der Waals surface area contributed by atoms with Crippen LogP contribution in [0.2, 0.25) is 0 Å². The minimum absolute atomic E-state index is 0.0469. The van der Waals surface area contributed by atoms with E-state index >= 15 is 0 Å². The molecule has 1 aliphatic rings. The predicted molar refractivity (Wildman–Crippen MR) is 98.7 cm³/mol. The molecule has 6 heteroatoms. The lowest BCUT2D eigenvalue weighted by Gasteiger charge is -2.36. The van der Waals surface area contributed by atoms with Crippen LogP contribution in [0.25, 0.3) is 0 Å². The average molecular weight is 355 g/mol. The highest BCUT2D eigenvalue weighted by Crippen LogP contribution is 2.23. The number of anilines is 1. The molecule has 5 nitrogen and oxygen atoms in total. The summed E-state index contributed by atoms with van der Waals surface area (Å²) in [4.78, 5) is 26.0. The number of carbonyl (C=O) groups excluding carboxylic acids is 2. The van der Waals surface area contributed by atoms with Gasteiger partial charge in [0.25, 0.3) is 0 Å². The van der Waals surface area contributed by atoms with Gasteiger partial charge in [-0.05, 0) is 36.8 Å². The molecule has 2 aromatic carbocycles. The molecule has 1 atom stereocenters. The lowest BCUT2D eigenvalue weighted by molar-refractivity contribution is -0.118. The smallest absolute Gasteiger partial charge is 0.238 e. The fourth-order valence-corrected chi connectivity index (χ4v) is 3.18. The Morgan fingerprint density at radius 1 is 1.23 bits per heavy atom. The van der Waals surface area contributed by atoms with E-state index in [9.17, 15) is 14.0 Å². The Hall–Kier alpha value is -2.57. The van der Waals surface area contributed by atoms with Crippen molar-refractivity contribution in [2.75, 3.05) is 31.5 Å². The third-order valence-electron chi connectivity index (χ3n) is 4.49. The summed E-state index contributed by atoms with van der Waals surface area (Å²) in [6.07, 6.45) is 0. The van der Waals surface area contributed by atoms with Crippen LogP contribution in [0.4, 0.5) is 10.1 Å². The maximum atomic E-state index is 13.6. The molecule has 1 aliphatic heterocycles. The molecule has 2 N–H and O–H groups in total. The van der Waals surface area contributed by atoms with E-state index in [0.717, 1.165) is 12.1 Å². The van der Waals surface area contributed by atoms with Gasteiger partial charge in [0, 0.05) is 36.9 Å². The minimum Gasteiger partial charge on any atom is -0.325 e. The van der Waals surface area contributed by atoms with Crippen LogP contribution in [0.15, 0.2) is 48.5 Å². The second kappa shape index (κ2) is 8.21. The number of nitrogens with zero attached hydrogens (tertiary/aromatic N) is 1. The maximum Gasteiger partial charge on any atom is 0.238 e. The van der Waals surface area contributed by atoms with Crippen LogP contribution < -0.4 is 10.6 Å². The number of ketones is 1. The van der Waals surface area contributed by atoms with Crippen molar-refractivity contribution < 1.29 is 14.0 Å². The fraction of sp³-hybridized carbons (Fsp3) is 0.300. The highest BCUT2D eigenvalue weighted by atomic mass is 19.1. The molecular weight excluding hydrogens is 333 g/mol. The monoisotopic (exact) mass is 355 g/mol. The number of halogens is 1. The first-order valence-electron chi connectivity index (χ1n) is 8.64. The van der Waals surface area contributed by atoms with E-state index in [0.29, 0.717) is 24.3 Å². The van der Waals surface area contributed by atoms with Gasteiger partial charge in [0.15, 0.2) is 5.78 Å². The summed E-state index contributed by atoms with van der Waals surface area (Å²) in [5, 5.41) is 6.13. The molecule has 0 aliphatic carbocycles. The highest BCUT2D eigenvalue weighted by molar-refractivity contribution is 5.97. The van der Waals surface area contributed by atoms with Crippen LogP contribution in [0.5, 0.6) is 0 Å². The van der Waals surface area contributed by atoms with E-state index in [1.807, 2.05) is 11.0 Å². The number of carbonyl (C=O) groups is 2. The first-order valence-corrected chi connectivity index (χ1v) is 8.64. The molecular formula is C20H22FN3O2. The van der Waals surface area contributed by atoms with Crippen molar-refractivity contribution >= 4 is 17.4 Å². The third-order valence-corrected chi connectivity index (χ3v) is 4.49. The first kappa shape index (κ1) is 18.2. The average Bonchev–Trinajstić information content (AvgIpc) is 2.62. The molecule has 26 heavy (non-hydrogen) atoms. The van der Waals surface area contributed by atoms with Crippen LogP contribution in [0.1, 0.15) is 28.9 Å². The van der Waals surface area contributed by atoms with Crippen molar-refractivity contribution in [2.45, 2.75) is 13.0 Å². The quantitative estimate of drug-likeness (QED) is 0.810. The Kier molecular flexibility index (Phi) is 5.75. The van der Waals surface area contributed by atoms with Gasteiger partial charge in [0.05, 0.1) is 6.54 Å². The van der Waals surface area contributed by atoms with Gasteiger partial charge in [-0.3, -0.25) is 14.5 Å². The molecule has 0 radical (unpaired) electrons. The van der Waals surface area contributed by atoms with E-state index in [2.05, 4.69) is 10.6 Å². The van der Waals surface area contributed by atoms with Gasteiger partial charge >= 0.3 is 0 Å². The summed E-state index contributed by atoms with van der Waals surface area (Å²) in [5.74, 6) is -0.484. The zero-order chi connectivity index (χ0) is 18.5. The standard InChI is InChI=1S/C20H22FN3O2/c1-14(25)15-4-3-7-18(11-15)23-20(26)13-24-9-8-22-12-19(24)16-5-2-6-17(21)10-16/h2-7,10-11,19,22H,8-9,12-13H2,1H3,(H,23,26). The van der Waals surface area contributed by atoms with E-state index in [1.165, 1.54) is 19.1 Å². The van der Waals surface area contributed by atoms with Crippen molar-refractivity contribution in [3.05, 3.63) is 65.5 Å². The summed E-state index contributed by atoms with van der Waals surface area (Å²) in [7, 11) is 0. The molecule has 1 unspecified atom stereocenters. The Bertz CT molecular complexity index is 809. The number of hydrogen-bond acceptors (Lipinski definition) is 4. The van der Waals surface area contributed by atoms with E-state index in [-0.39, 0.29) is 30.1 Å². The molecule has 0 bridgehead atoms. The summed E-state index contributed by atoms with van der Waals surface area (Å²) >= 11 is 0. The van der Waals surface area contributed by atoms with E-state index < -0.39 is 0 Å². The van der Waals surface area contributed by atoms with Gasteiger partial charge < -0.3 is 10.6 Å². The molecule has 1 fully saturated rings. The summed E-state index contributed by atoms with van der Waals surface area (Å²) in [5.41, 5.74) is 2.01. The lowest BCUT2D eigenvalue weighted by Crippen LogP contribution is -2.48. The normalized spacial score (nSPS) is 17.7. The second-order valence-electron chi connectivity index (χ2n) is 6.43. The molecule has 136 valence electrons. The number of benzene rings is 2. The number of rotatable bonds is 5. The van der Waals surface area contributed by atoms with Crippen molar-refractivity contribution in [3.63, 3.8) is 0 Å². The topological polar surface area (TPSA) is 61.4 Å². The summed E-state index contributed by atoms with van der Waals surface area (Å²) < 4.78 is 13.6. The number of Topliss-reactive ketones (excluding diaryl/α,β-unsaturated/α-hetero) is 1. The van der Waals surface area contributed by atoms with Crippen LogP contribution in [0.3, 0.4) is 0 Å². The zero-order valence-corrected chi connectivity index (χ0v) is 14.7. The van der Waals surface area contributed by atoms with Gasteiger partial charge in [-0.2, -0.15) is 0 Å². The predicted octanol–water partition coefficient (Wildman–Crippen LogP) is 2.61. The Labute approximate surface area is 152 Å². The largest absolute Gasteiger partial charge is 0.325 e. The van der Waals surface area contributed by atoms with Gasteiger partial charge in [-0.1, -0.05) is 24.3 Å². The Morgan fingerprint density at radius 2 is 2.04 bits per heavy atom. The number of hydrogen-bond donors (Lipinski definition) is 2. The second-order valence-corrected chi connectivity index (χ2v) is 6.43.